The third-order valence-electron chi connectivity index (χ3n) is 4.42. The molecule has 2 aromatic rings. The fourth-order valence-electron chi connectivity index (χ4n) is 3.06. The summed E-state index contributed by atoms with van der Waals surface area (Å²) in [6.45, 7) is 7.94. The van der Waals surface area contributed by atoms with E-state index in [2.05, 4.69) is 15.7 Å². The summed E-state index contributed by atoms with van der Waals surface area (Å²) in [6, 6.07) is 1.45. The van der Waals surface area contributed by atoms with E-state index in [4.69, 9.17) is 0 Å². The van der Waals surface area contributed by atoms with Gasteiger partial charge in [-0.25, -0.2) is 0 Å². The molecule has 1 aliphatic heterocycles. The Morgan fingerprint density at radius 2 is 2.20 bits per heavy atom. The second-order valence-electron chi connectivity index (χ2n) is 6.32. The van der Waals surface area contributed by atoms with Crippen molar-refractivity contribution >= 4 is 45.8 Å². The Hall–Kier alpha value is -1.64. The number of carbonyl (C=O) groups excluding carboxylic acids is 2. The maximum atomic E-state index is 12.6. The summed E-state index contributed by atoms with van der Waals surface area (Å²) in [7, 11) is 1.87. The molecule has 1 saturated heterocycles. The number of fused-ring (bicyclic) bond motifs is 1. The van der Waals surface area contributed by atoms with Crippen molar-refractivity contribution in [3.8, 4) is 0 Å². The van der Waals surface area contributed by atoms with Crippen molar-refractivity contribution in [2.45, 2.75) is 32.9 Å². The number of aryl methyl sites for hydroxylation is 2. The SMILES string of the molecule is Cc1nn(C)c2sc(C(=O)NC(C)C(=O)N3CCNC[C@@H]3C)cc12.Cl. The van der Waals surface area contributed by atoms with Gasteiger partial charge in [-0.05, 0) is 26.8 Å². The highest BCUT2D eigenvalue weighted by Gasteiger charge is 2.28. The number of halogens is 1. The number of thiophene rings is 1. The highest BCUT2D eigenvalue weighted by atomic mass is 35.5. The van der Waals surface area contributed by atoms with E-state index in [0.717, 1.165) is 29.0 Å². The Kier molecular flexibility index (Phi) is 6.08. The predicted molar refractivity (Wildman–Crippen MR) is 102 cm³/mol. The summed E-state index contributed by atoms with van der Waals surface area (Å²) in [5.74, 6) is -0.240. The van der Waals surface area contributed by atoms with Crippen LogP contribution >= 0.6 is 23.7 Å². The van der Waals surface area contributed by atoms with Gasteiger partial charge in [0.05, 0.1) is 10.6 Å². The summed E-state index contributed by atoms with van der Waals surface area (Å²) >= 11 is 1.40. The Morgan fingerprint density at radius 3 is 2.84 bits per heavy atom. The third-order valence-corrected chi connectivity index (χ3v) is 5.62. The third kappa shape index (κ3) is 3.80. The monoisotopic (exact) mass is 385 g/mol. The number of piperazine rings is 1. The molecule has 0 bridgehead atoms. The molecule has 1 fully saturated rings. The standard InChI is InChI=1S/C16H23N5O2S.ClH/c1-9-8-17-5-6-21(9)15(23)11(3)18-14(22)13-7-12-10(2)19-20(4)16(12)24-13;/h7,9,11,17H,5-6,8H2,1-4H3,(H,18,22);1H/t9-,11?;/m0./s1. The predicted octanol–water partition coefficient (Wildman–Crippen LogP) is 1.30. The first-order valence-electron chi connectivity index (χ1n) is 8.13. The van der Waals surface area contributed by atoms with E-state index in [1.807, 2.05) is 31.9 Å². The number of amides is 2. The summed E-state index contributed by atoms with van der Waals surface area (Å²) in [4.78, 5) is 28.5. The van der Waals surface area contributed by atoms with Crippen LogP contribution in [0.3, 0.4) is 0 Å². The molecular formula is C16H24ClN5O2S. The van der Waals surface area contributed by atoms with Gasteiger partial charge in [0.15, 0.2) is 0 Å². The molecule has 0 aliphatic carbocycles. The first-order valence-corrected chi connectivity index (χ1v) is 8.95. The summed E-state index contributed by atoms with van der Waals surface area (Å²) in [5, 5.41) is 11.4. The van der Waals surface area contributed by atoms with Crippen LogP contribution in [0.5, 0.6) is 0 Å². The zero-order chi connectivity index (χ0) is 17.4. The van der Waals surface area contributed by atoms with Crippen LogP contribution in [-0.4, -0.2) is 58.2 Å². The highest BCUT2D eigenvalue weighted by molar-refractivity contribution is 7.20. The van der Waals surface area contributed by atoms with E-state index in [1.165, 1.54) is 11.3 Å². The van der Waals surface area contributed by atoms with Gasteiger partial charge in [0.2, 0.25) is 5.91 Å². The molecule has 25 heavy (non-hydrogen) atoms. The fraction of sp³-hybridized carbons (Fsp3) is 0.562. The van der Waals surface area contributed by atoms with Crippen molar-refractivity contribution in [1.82, 2.24) is 25.3 Å². The average molecular weight is 386 g/mol. The van der Waals surface area contributed by atoms with Gasteiger partial charge in [-0.15, -0.1) is 23.7 Å². The number of carbonyl (C=O) groups is 2. The zero-order valence-electron chi connectivity index (χ0n) is 14.8. The van der Waals surface area contributed by atoms with Crippen molar-refractivity contribution in [3.05, 3.63) is 16.6 Å². The lowest BCUT2D eigenvalue weighted by Gasteiger charge is -2.35. The van der Waals surface area contributed by atoms with E-state index < -0.39 is 6.04 Å². The summed E-state index contributed by atoms with van der Waals surface area (Å²) in [6.07, 6.45) is 0. The lowest BCUT2D eigenvalue weighted by Crippen LogP contribution is -2.57. The van der Waals surface area contributed by atoms with Crippen LogP contribution < -0.4 is 10.6 Å². The van der Waals surface area contributed by atoms with Gasteiger partial charge in [0.25, 0.3) is 5.91 Å². The molecule has 9 heteroatoms. The normalized spacial score (nSPS) is 18.7. The molecule has 0 aromatic carbocycles. The Labute approximate surface area is 157 Å². The molecule has 1 unspecified atom stereocenters. The smallest absolute Gasteiger partial charge is 0.262 e. The molecular weight excluding hydrogens is 362 g/mol. The van der Waals surface area contributed by atoms with E-state index in [-0.39, 0.29) is 30.3 Å². The summed E-state index contributed by atoms with van der Waals surface area (Å²) in [5.41, 5.74) is 0.904. The first-order chi connectivity index (χ1) is 11.4. The molecule has 2 aromatic heterocycles. The minimum atomic E-state index is -0.539. The molecule has 2 N–H and O–H groups in total. The van der Waals surface area contributed by atoms with Crippen molar-refractivity contribution in [1.29, 1.82) is 0 Å². The van der Waals surface area contributed by atoms with E-state index in [0.29, 0.717) is 11.4 Å². The Balaban J connectivity index is 0.00000225. The molecule has 7 nitrogen and oxygen atoms in total. The van der Waals surface area contributed by atoms with E-state index in [1.54, 1.807) is 11.6 Å². The number of hydrogen-bond acceptors (Lipinski definition) is 5. The molecule has 0 saturated carbocycles. The lowest BCUT2D eigenvalue weighted by atomic mass is 10.1. The van der Waals surface area contributed by atoms with Gasteiger partial charge >= 0.3 is 0 Å². The van der Waals surface area contributed by atoms with Crippen LogP contribution in [0, 0.1) is 6.92 Å². The largest absolute Gasteiger partial charge is 0.340 e. The van der Waals surface area contributed by atoms with Gasteiger partial charge in [-0.3, -0.25) is 14.3 Å². The lowest BCUT2D eigenvalue weighted by molar-refractivity contribution is -0.135. The molecule has 1 aliphatic rings. The minimum Gasteiger partial charge on any atom is -0.340 e. The van der Waals surface area contributed by atoms with Crippen LogP contribution in [-0.2, 0) is 11.8 Å². The van der Waals surface area contributed by atoms with Gasteiger partial charge in [-0.1, -0.05) is 0 Å². The Bertz CT molecular complexity index is 752. The van der Waals surface area contributed by atoms with Crippen molar-refractivity contribution in [2.75, 3.05) is 19.6 Å². The summed E-state index contributed by atoms with van der Waals surface area (Å²) < 4.78 is 1.78. The van der Waals surface area contributed by atoms with Gasteiger partial charge in [0.1, 0.15) is 10.9 Å². The molecule has 0 spiro atoms. The van der Waals surface area contributed by atoms with Gasteiger partial charge in [-0.2, -0.15) is 5.10 Å². The van der Waals surface area contributed by atoms with Crippen LogP contribution in [0.1, 0.15) is 29.2 Å². The number of nitrogens with zero attached hydrogens (tertiary/aromatic N) is 3. The average Bonchev–Trinajstić information content (AvgIpc) is 3.09. The second-order valence-corrected chi connectivity index (χ2v) is 7.35. The van der Waals surface area contributed by atoms with Gasteiger partial charge in [0, 0.05) is 38.1 Å². The first kappa shape index (κ1) is 19.7. The van der Waals surface area contributed by atoms with Gasteiger partial charge < -0.3 is 15.5 Å². The Morgan fingerprint density at radius 1 is 1.48 bits per heavy atom. The van der Waals surface area contributed by atoms with Crippen LogP contribution in [0.15, 0.2) is 6.07 Å². The van der Waals surface area contributed by atoms with E-state index >= 15 is 0 Å². The number of nitrogens with one attached hydrogen (secondary N) is 2. The van der Waals surface area contributed by atoms with Crippen LogP contribution in [0.4, 0.5) is 0 Å². The van der Waals surface area contributed by atoms with E-state index in [9.17, 15) is 9.59 Å². The van der Waals surface area contributed by atoms with Crippen molar-refractivity contribution in [2.24, 2.45) is 7.05 Å². The van der Waals surface area contributed by atoms with Crippen molar-refractivity contribution in [3.63, 3.8) is 0 Å². The highest BCUT2D eigenvalue weighted by Crippen LogP contribution is 2.27. The molecule has 0 radical (unpaired) electrons. The molecule has 2 atom stereocenters. The number of hydrogen-bond donors (Lipinski definition) is 2. The molecule has 3 heterocycles. The topological polar surface area (TPSA) is 79.3 Å². The number of aromatic nitrogens is 2. The van der Waals surface area contributed by atoms with Crippen molar-refractivity contribution < 1.29 is 9.59 Å². The zero-order valence-corrected chi connectivity index (χ0v) is 16.5. The minimum absolute atomic E-state index is 0. The number of rotatable bonds is 3. The molecule has 138 valence electrons. The van der Waals surface area contributed by atoms with Crippen LogP contribution in [0.25, 0.3) is 10.2 Å². The molecule has 2 amide bonds. The maximum absolute atomic E-state index is 12.6. The van der Waals surface area contributed by atoms with Crippen LogP contribution in [0.2, 0.25) is 0 Å². The molecule has 3 rings (SSSR count). The quantitative estimate of drug-likeness (QED) is 0.834. The second kappa shape index (κ2) is 7.72. The maximum Gasteiger partial charge on any atom is 0.262 e. The fourth-order valence-corrected chi connectivity index (χ4v) is 4.09.